The molecule has 4 N–H and O–H groups in total. The van der Waals surface area contributed by atoms with Crippen molar-refractivity contribution in [3.63, 3.8) is 0 Å². The molecule has 1 fully saturated rings. The maximum atomic E-state index is 12.0. The van der Waals surface area contributed by atoms with E-state index in [1.54, 1.807) is 49.1 Å². The Bertz CT molecular complexity index is 653. The van der Waals surface area contributed by atoms with Crippen molar-refractivity contribution >= 4 is 23.4 Å². The second-order valence-electron chi connectivity index (χ2n) is 6.22. The number of urea groups is 2. The van der Waals surface area contributed by atoms with Crippen molar-refractivity contribution < 1.29 is 9.59 Å². The molecule has 26 heavy (non-hydrogen) atoms. The number of aromatic nitrogens is 2. The van der Waals surface area contributed by atoms with Gasteiger partial charge in [0.15, 0.2) is 0 Å². The fourth-order valence-electron chi connectivity index (χ4n) is 2.96. The number of nitrogens with zero attached hydrogens (tertiary/aromatic N) is 2. The third-order valence-corrected chi connectivity index (χ3v) is 4.27. The van der Waals surface area contributed by atoms with Crippen molar-refractivity contribution in [1.82, 2.24) is 20.6 Å². The van der Waals surface area contributed by atoms with Crippen molar-refractivity contribution in [3.8, 4) is 0 Å². The van der Waals surface area contributed by atoms with Gasteiger partial charge in [0, 0.05) is 48.2 Å². The molecule has 0 radical (unpaired) electrons. The van der Waals surface area contributed by atoms with Crippen molar-refractivity contribution in [2.24, 2.45) is 0 Å². The quantitative estimate of drug-likeness (QED) is 0.677. The van der Waals surface area contributed by atoms with Gasteiger partial charge in [-0.1, -0.05) is 0 Å². The Kier molecular flexibility index (Phi) is 5.97. The first kappa shape index (κ1) is 17.7. The average Bonchev–Trinajstić information content (AvgIpc) is 2.65. The molecule has 0 aromatic carbocycles. The lowest BCUT2D eigenvalue weighted by Gasteiger charge is -2.29. The standard InChI is InChI=1S/C18H22N6O2/c25-17(23-15-5-9-19-10-6-15)21-13-1-2-14(4-3-13)22-18(26)24-16-7-11-20-12-8-16/h5-14H,1-4H2,(H2,19,21,23,25)(H2,20,22,24,26). The normalized spacial score (nSPS) is 19.2. The molecule has 1 aliphatic rings. The molecule has 0 unspecified atom stereocenters. The molecule has 0 atom stereocenters. The molecule has 0 aliphatic heterocycles. The van der Waals surface area contributed by atoms with Gasteiger partial charge >= 0.3 is 12.1 Å². The average molecular weight is 354 g/mol. The predicted molar refractivity (Wildman–Crippen MR) is 98.8 cm³/mol. The van der Waals surface area contributed by atoms with Gasteiger partial charge in [-0.3, -0.25) is 9.97 Å². The number of anilines is 2. The molecular weight excluding hydrogens is 332 g/mol. The Morgan fingerprint density at radius 2 is 1.04 bits per heavy atom. The van der Waals surface area contributed by atoms with Crippen LogP contribution in [0.2, 0.25) is 0 Å². The minimum atomic E-state index is -0.219. The van der Waals surface area contributed by atoms with Gasteiger partial charge in [0.25, 0.3) is 0 Å². The lowest BCUT2D eigenvalue weighted by Crippen LogP contribution is -2.45. The van der Waals surface area contributed by atoms with Crippen molar-refractivity contribution in [2.45, 2.75) is 37.8 Å². The monoisotopic (exact) mass is 354 g/mol. The SMILES string of the molecule is O=C(Nc1ccncc1)NC1CCC(NC(=O)Nc2ccncc2)CC1. The summed E-state index contributed by atoms with van der Waals surface area (Å²) in [5.74, 6) is 0. The molecule has 3 rings (SSSR count). The molecule has 8 heteroatoms. The minimum absolute atomic E-state index is 0.109. The number of nitrogens with one attached hydrogen (secondary N) is 4. The number of rotatable bonds is 4. The maximum absolute atomic E-state index is 12.0. The minimum Gasteiger partial charge on any atom is -0.335 e. The van der Waals surface area contributed by atoms with Crippen LogP contribution in [-0.4, -0.2) is 34.1 Å². The van der Waals surface area contributed by atoms with Crippen LogP contribution in [0.5, 0.6) is 0 Å². The highest BCUT2D eigenvalue weighted by atomic mass is 16.2. The number of pyridine rings is 2. The van der Waals surface area contributed by atoms with Crippen LogP contribution >= 0.6 is 0 Å². The van der Waals surface area contributed by atoms with Gasteiger partial charge in [-0.15, -0.1) is 0 Å². The highest BCUT2D eigenvalue weighted by Gasteiger charge is 2.23. The Hall–Kier alpha value is -3.16. The number of carbonyl (C=O) groups excluding carboxylic acids is 2. The number of amides is 4. The lowest BCUT2D eigenvalue weighted by atomic mass is 9.91. The van der Waals surface area contributed by atoms with Gasteiger partial charge < -0.3 is 21.3 Å². The van der Waals surface area contributed by atoms with Crippen LogP contribution in [-0.2, 0) is 0 Å². The van der Waals surface area contributed by atoms with E-state index in [9.17, 15) is 9.59 Å². The highest BCUT2D eigenvalue weighted by molar-refractivity contribution is 5.90. The molecule has 0 saturated heterocycles. The first-order valence-corrected chi connectivity index (χ1v) is 8.64. The summed E-state index contributed by atoms with van der Waals surface area (Å²) in [6.45, 7) is 0. The molecule has 2 heterocycles. The van der Waals surface area contributed by atoms with Crippen LogP contribution in [0.3, 0.4) is 0 Å². The summed E-state index contributed by atoms with van der Waals surface area (Å²) in [6.07, 6.45) is 9.81. The van der Waals surface area contributed by atoms with Crippen molar-refractivity contribution in [2.75, 3.05) is 10.6 Å². The first-order chi connectivity index (χ1) is 12.7. The van der Waals surface area contributed by atoms with Crippen LogP contribution in [0, 0.1) is 0 Å². The molecule has 136 valence electrons. The Morgan fingerprint density at radius 3 is 1.38 bits per heavy atom. The predicted octanol–water partition coefficient (Wildman–Crippen LogP) is 2.73. The van der Waals surface area contributed by atoms with Gasteiger partial charge in [0.05, 0.1) is 0 Å². The third kappa shape index (κ3) is 5.44. The lowest BCUT2D eigenvalue weighted by molar-refractivity contribution is 0.233. The number of hydrogen-bond acceptors (Lipinski definition) is 4. The summed E-state index contributed by atoms with van der Waals surface area (Å²) in [5, 5.41) is 11.5. The topological polar surface area (TPSA) is 108 Å². The first-order valence-electron chi connectivity index (χ1n) is 8.64. The summed E-state index contributed by atoms with van der Waals surface area (Å²) in [7, 11) is 0. The second kappa shape index (κ2) is 8.80. The molecule has 4 amide bonds. The van der Waals surface area contributed by atoms with Crippen LogP contribution in [0.25, 0.3) is 0 Å². The number of carbonyl (C=O) groups is 2. The summed E-state index contributed by atoms with van der Waals surface area (Å²) in [4.78, 5) is 31.9. The highest BCUT2D eigenvalue weighted by Crippen LogP contribution is 2.19. The van der Waals surface area contributed by atoms with E-state index in [-0.39, 0.29) is 24.1 Å². The summed E-state index contributed by atoms with van der Waals surface area (Å²) < 4.78 is 0. The van der Waals surface area contributed by atoms with Crippen LogP contribution in [0.15, 0.2) is 49.1 Å². The molecule has 8 nitrogen and oxygen atoms in total. The van der Waals surface area contributed by atoms with E-state index < -0.39 is 0 Å². The van der Waals surface area contributed by atoms with Gasteiger partial charge in [-0.2, -0.15) is 0 Å². The fourth-order valence-corrected chi connectivity index (χ4v) is 2.96. The smallest absolute Gasteiger partial charge is 0.319 e. The van der Waals surface area contributed by atoms with Crippen LogP contribution in [0.4, 0.5) is 21.0 Å². The fraction of sp³-hybridized carbons (Fsp3) is 0.333. The Labute approximate surface area is 151 Å². The van der Waals surface area contributed by atoms with E-state index in [2.05, 4.69) is 31.2 Å². The molecular formula is C18H22N6O2. The van der Waals surface area contributed by atoms with E-state index in [0.717, 1.165) is 25.7 Å². The van der Waals surface area contributed by atoms with E-state index in [4.69, 9.17) is 0 Å². The third-order valence-electron chi connectivity index (χ3n) is 4.27. The van der Waals surface area contributed by atoms with E-state index in [1.165, 1.54) is 0 Å². The Morgan fingerprint density at radius 1 is 0.692 bits per heavy atom. The summed E-state index contributed by atoms with van der Waals surface area (Å²) >= 11 is 0. The van der Waals surface area contributed by atoms with Gasteiger partial charge in [0.2, 0.25) is 0 Å². The molecule has 2 aromatic heterocycles. The van der Waals surface area contributed by atoms with E-state index in [0.29, 0.717) is 11.4 Å². The van der Waals surface area contributed by atoms with E-state index in [1.807, 2.05) is 0 Å². The van der Waals surface area contributed by atoms with Gasteiger partial charge in [-0.05, 0) is 49.9 Å². The molecule has 1 aliphatic carbocycles. The maximum Gasteiger partial charge on any atom is 0.319 e. The van der Waals surface area contributed by atoms with Gasteiger partial charge in [0.1, 0.15) is 0 Å². The van der Waals surface area contributed by atoms with Crippen molar-refractivity contribution in [1.29, 1.82) is 0 Å². The molecule has 1 saturated carbocycles. The number of hydrogen-bond donors (Lipinski definition) is 4. The zero-order valence-corrected chi connectivity index (χ0v) is 14.3. The zero-order valence-electron chi connectivity index (χ0n) is 14.3. The van der Waals surface area contributed by atoms with Crippen LogP contribution < -0.4 is 21.3 Å². The van der Waals surface area contributed by atoms with Crippen molar-refractivity contribution in [3.05, 3.63) is 49.1 Å². The molecule has 2 aromatic rings. The zero-order chi connectivity index (χ0) is 18.2. The summed E-state index contributed by atoms with van der Waals surface area (Å²) in [5.41, 5.74) is 1.42. The van der Waals surface area contributed by atoms with E-state index >= 15 is 0 Å². The largest absolute Gasteiger partial charge is 0.335 e. The van der Waals surface area contributed by atoms with Gasteiger partial charge in [-0.25, -0.2) is 9.59 Å². The summed E-state index contributed by atoms with van der Waals surface area (Å²) in [6, 6.07) is 6.73. The second-order valence-corrected chi connectivity index (χ2v) is 6.22. The Balaban J connectivity index is 1.37. The molecule has 0 bridgehead atoms. The molecule has 0 spiro atoms. The van der Waals surface area contributed by atoms with Crippen LogP contribution in [0.1, 0.15) is 25.7 Å².